The second kappa shape index (κ2) is 12.7. The zero-order valence-electron chi connectivity index (χ0n) is 19.6. The van der Waals surface area contributed by atoms with Gasteiger partial charge in [0.1, 0.15) is 6.79 Å². The van der Waals surface area contributed by atoms with E-state index < -0.39 is 0 Å². The maximum Gasteiger partial charge on any atom is 0.251 e. The number of ether oxygens (including phenoxy) is 2. The van der Waals surface area contributed by atoms with Crippen LogP contribution in [-0.4, -0.2) is 75.5 Å². The van der Waals surface area contributed by atoms with Gasteiger partial charge in [-0.2, -0.15) is 0 Å². The Bertz CT molecular complexity index is 802. The third-order valence-corrected chi connectivity index (χ3v) is 6.04. The second-order valence-corrected chi connectivity index (χ2v) is 8.79. The van der Waals surface area contributed by atoms with Crippen LogP contribution in [0.4, 0.5) is 0 Å². The fourth-order valence-corrected chi connectivity index (χ4v) is 4.32. The Morgan fingerprint density at radius 3 is 2.53 bits per heavy atom. The highest BCUT2D eigenvalue weighted by Gasteiger charge is 2.28. The van der Waals surface area contributed by atoms with Gasteiger partial charge in [0.25, 0.3) is 5.91 Å². The van der Waals surface area contributed by atoms with Gasteiger partial charge in [-0.3, -0.25) is 14.6 Å². The number of likely N-dealkylation sites (tertiary alicyclic amines) is 1. The van der Waals surface area contributed by atoms with Gasteiger partial charge >= 0.3 is 0 Å². The molecule has 3 atom stereocenters. The van der Waals surface area contributed by atoms with Gasteiger partial charge in [0.2, 0.25) is 0 Å². The average Bonchev–Trinajstić information content (AvgIpc) is 3.28. The van der Waals surface area contributed by atoms with E-state index in [1.807, 2.05) is 30.3 Å². The first-order valence-corrected chi connectivity index (χ1v) is 11.5. The summed E-state index contributed by atoms with van der Waals surface area (Å²) in [6.07, 6.45) is 1.28. The van der Waals surface area contributed by atoms with E-state index in [4.69, 9.17) is 9.47 Å². The fourth-order valence-electron chi connectivity index (χ4n) is 4.32. The maximum atomic E-state index is 12.4. The molecule has 1 aliphatic heterocycles. The molecule has 2 aromatic carbocycles. The van der Waals surface area contributed by atoms with E-state index in [9.17, 15) is 4.79 Å². The molecule has 2 aromatic rings. The summed E-state index contributed by atoms with van der Waals surface area (Å²) in [5.74, 6) is 0.314. The molecule has 32 heavy (non-hydrogen) atoms. The molecule has 0 aliphatic carbocycles. The second-order valence-electron chi connectivity index (χ2n) is 8.79. The van der Waals surface area contributed by atoms with Crippen LogP contribution in [0.25, 0.3) is 0 Å². The molecule has 174 valence electrons. The van der Waals surface area contributed by atoms with E-state index in [2.05, 4.69) is 59.4 Å². The van der Waals surface area contributed by atoms with Crippen LogP contribution in [0.5, 0.6) is 0 Å². The largest absolute Gasteiger partial charge is 0.359 e. The summed E-state index contributed by atoms with van der Waals surface area (Å²) in [4.78, 5) is 17.3. The predicted molar refractivity (Wildman–Crippen MR) is 128 cm³/mol. The summed E-state index contributed by atoms with van der Waals surface area (Å²) >= 11 is 0. The van der Waals surface area contributed by atoms with Gasteiger partial charge in [0.05, 0.1) is 6.10 Å². The highest BCUT2D eigenvalue weighted by atomic mass is 16.7. The SMILES string of the molecule is COCO[C@H]1CCN(C[C@H](c2ccccc2)N(C)CC(C)CNC(=O)c2ccccc2)C1. The molecule has 1 saturated heterocycles. The first-order chi connectivity index (χ1) is 15.6. The smallest absolute Gasteiger partial charge is 0.251 e. The van der Waals surface area contributed by atoms with Crippen LogP contribution < -0.4 is 5.32 Å². The van der Waals surface area contributed by atoms with Crippen molar-refractivity contribution in [1.82, 2.24) is 15.1 Å². The summed E-state index contributed by atoms with van der Waals surface area (Å²) in [6.45, 7) is 7.01. The van der Waals surface area contributed by atoms with Crippen LogP contribution in [0.2, 0.25) is 0 Å². The number of carbonyl (C=O) groups excluding carboxylic acids is 1. The molecule has 0 spiro atoms. The van der Waals surface area contributed by atoms with Crippen molar-refractivity contribution >= 4 is 5.91 Å². The first-order valence-electron chi connectivity index (χ1n) is 11.5. The molecule has 1 fully saturated rings. The van der Waals surface area contributed by atoms with E-state index >= 15 is 0 Å². The maximum absolute atomic E-state index is 12.4. The normalized spacial score (nSPS) is 18.6. The average molecular weight is 440 g/mol. The number of methoxy groups -OCH3 is 1. The third-order valence-electron chi connectivity index (χ3n) is 6.04. The summed E-state index contributed by atoms with van der Waals surface area (Å²) in [7, 11) is 3.85. The molecule has 1 heterocycles. The van der Waals surface area contributed by atoms with Gasteiger partial charge in [0, 0.05) is 51.4 Å². The number of nitrogens with zero attached hydrogens (tertiary/aromatic N) is 2. The molecule has 6 heteroatoms. The molecule has 0 bridgehead atoms. The van der Waals surface area contributed by atoms with Crippen LogP contribution in [0.3, 0.4) is 0 Å². The minimum absolute atomic E-state index is 0.0149. The lowest BCUT2D eigenvalue weighted by atomic mass is 10.0. The topological polar surface area (TPSA) is 54.0 Å². The van der Waals surface area contributed by atoms with Crippen molar-refractivity contribution in [3.8, 4) is 0 Å². The van der Waals surface area contributed by atoms with E-state index in [1.54, 1.807) is 7.11 Å². The molecular formula is C26H37N3O3. The Morgan fingerprint density at radius 2 is 1.84 bits per heavy atom. The molecular weight excluding hydrogens is 402 g/mol. The molecule has 1 N–H and O–H groups in total. The minimum atomic E-state index is -0.0149. The highest BCUT2D eigenvalue weighted by molar-refractivity contribution is 5.94. The zero-order valence-corrected chi connectivity index (χ0v) is 19.6. The Balaban J connectivity index is 1.55. The lowest BCUT2D eigenvalue weighted by molar-refractivity contribution is -0.0674. The van der Waals surface area contributed by atoms with Crippen LogP contribution in [0, 0.1) is 5.92 Å². The van der Waals surface area contributed by atoms with Crippen molar-refractivity contribution in [2.75, 3.05) is 53.7 Å². The molecule has 3 rings (SSSR count). The van der Waals surface area contributed by atoms with Crippen molar-refractivity contribution in [2.24, 2.45) is 5.92 Å². The Hall–Kier alpha value is -2.25. The van der Waals surface area contributed by atoms with Gasteiger partial charge in [-0.25, -0.2) is 0 Å². The molecule has 0 aromatic heterocycles. The monoisotopic (exact) mass is 439 g/mol. The standard InChI is InChI=1S/C26H37N3O3/c1-21(16-27-26(30)23-12-8-5-9-13-23)17-28(2)25(22-10-6-4-7-11-22)19-29-15-14-24(18-29)32-20-31-3/h4-13,21,24-25H,14-20H2,1-3H3,(H,27,30)/t21?,24-,25+/m0/s1. The van der Waals surface area contributed by atoms with Crippen molar-refractivity contribution in [1.29, 1.82) is 0 Å². The number of amides is 1. The number of benzene rings is 2. The summed E-state index contributed by atoms with van der Waals surface area (Å²) in [6, 6.07) is 20.4. The molecule has 6 nitrogen and oxygen atoms in total. The molecule has 0 saturated carbocycles. The van der Waals surface area contributed by atoms with E-state index in [1.165, 1.54) is 5.56 Å². The Labute approximate surface area is 192 Å². The van der Waals surface area contributed by atoms with Crippen LogP contribution in [0.15, 0.2) is 60.7 Å². The Morgan fingerprint density at radius 1 is 1.16 bits per heavy atom. The van der Waals surface area contributed by atoms with Crippen LogP contribution in [0.1, 0.15) is 35.3 Å². The van der Waals surface area contributed by atoms with E-state index in [0.717, 1.165) is 32.6 Å². The first kappa shape index (κ1) is 24.4. The lowest BCUT2D eigenvalue weighted by Crippen LogP contribution is -2.40. The van der Waals surface area contributed by atoms with Gasteiger partial charge < -0.3 is 14.8 Å². The number of nitrogens with one attached hydrogen (secondary N) is 1. The molecule has 1 aliphatic rings. The van der Waals surface area contributed by atoms with Crippen LogP contribution in [-0.2, 0) is 9.47 Å². The van der Waals surface area contributed by atoms with Crippen molar-refractivity contribution < 1.29 is 14.3 Å². The zero-order chi connectivity index (χ0) is 22.8. The van der Waals surface area contributed by atoms with Crippen molar-refractivity contribution in [3.63, 3.8) is 0 Å². The number of hydrogen-bond acceptors (Lipinski definition) is 5. The van der Waals surface area contributed by atoms with E-state index in [0.29, 0.717) is 24.8 Å². The summed E-state index contributed by atoms with van der Waals surface area (Å²) in [5, 5.41) is 3.08. The van der Waals surface area contributed by atoms with Gasteiger partial charge in [-0.05, 0) is 37.1 Å². The lowest BCUT2D eigenvalue weighted by Gasteiger charge is -2.33. The van der Waals surface area contributed by atoms with Crippen molar-refractivity contribution in [3.05, 3.63) is 71.8 Å². The van der Waals surface area contributed by atoms with Gasteiger partial charge in [-0.15, -0.1) is 0 Å². The number of likely N-dealkylation sites (N-methyl/N-ethyl adjacent to an activating group) is 1. The molecule has 0 radical (unpaired) electrons. The number of rotatable bonds is 12. The molecule has 1 unspecified atom stereocenters. The van der Waals surface area contributed by atoms with Gasteiger partial charge in [0.15, 0.2) is 0 Å². The number of carbonyl (C=O) groups is 1. The predicted octanol–water partition coefficient (Wildman–Crippen LogP) is 3.42. The Kier molecular flexibility index (Phi) is 9.68. The minimum Gasteiger partial charge on any atom is -0.359 e. The fraction of sp³-hybridized carbons (Fsp3) is 0.500. The van der Waals surface area contributed by atoms with E-state index in [-0.39, 0.29) is 18.1 Å². The van der Waals surface area contributed by atoms with Gasteiger partial charge in [-0.1, -0.05) is 55.5 Å². The number of hydrogen-bond donors (Lipinski definition) is 1. The quantitative estimate of drug-likeness (QED) is 0.514. The summed E-state index contributed by atoms with van der Waals surface area (Å²) < 4.78 is 10.8. The third kappa shape index (κ3) is 7.41. The summed E-state index contributed by atoms with van der Waals surface area (Å²) in [5.41, 5.74) is 2.02. The molecule has 1 amide bonds. The highest BCUT2D eigenvalue weighted by Crippen LogP contribution is 2.24. The van der Waals surface area contributed by atoms with Crippen LogP contribution >= 0.6 is 0 Å². The van der Waals surface area contributed by atoms with Crippen molar-refractivity contribution in [2.45, 2.75) is 25.5 Å².